The molecule has 0 heterocycles. The van der Waals surface area contributed by atoms with Crippen LogP contribution in [0.3, 0.4) is 0 Å². The van der Waals surface area contributed by atoms with Gasteiger partial charge in [0.05, 0.1) is 0 Å². The molecular weight excluding hydrogens is 263 g/mol. The molecule has 0 bridgehead atoms. The van der Waals surface area contributed by atoms with Crippen LogP contribution in [0.1, 0.15) is 29.2 Å². The van der Waals surface area contributed by atoms with Gasteiger partial charge >= 0.3 is 0 Å². The van der Waals surface area contributed by atoms with Crippen LogP contribution in [0.2, 0.25) is 0 Å². The lowest BCUT2D eigenvalue weighted by Crippen LogP contribution is -2.18. The van der Waals surface area contributed by atoms with Gasteiger partial charge in [0.25, 0.3) is 0 Å². The zero-order valence-electron chi connectivity index (χ0n) is 10.8. The van der Waals surface area contributed by atoms with Crippen LogP contribution in [0.5, 0.6) is 0 Å². The number of hydrogen-bond donors (Lipinski definition) is 1. The van der Waals surface area contributed by atoms with Crippen LogP contribution in [-0.2, 0) is 13.0 Å². The molecule has 0 aromatic heterocycles. The summed E-state index contributed by atoms with van der Waals surface area (Å²) in [5.41, 5.74) is 2.40. The minimum Gasteiger partial charge on any atom is -0.306 e. The van der Waals surface area contributed by atoms with Gasteiger partial charge in [-0.1, -0.05) is 18.2 Å². The normalized spacial score (nSPS) is 17.2. The van der Waals surface area contributed by atoms with Crippen molar-refractivity contribution in [3.8, 4) is 0 Å². The maximum absolute atomic E-state index is 13.6. The fourth-order valence-electron chi connectivity index (χ4n) is 2.71. The summed E-state index contributed by atoms with van der Waals surface area (Å²) in [5, 5.41) is 3.27. The zero-order chi connectivity index (χ0) is 14.1. The molecule has 4 heteroatoms. The monoisotopic (exact) mass is 277 g/mol. The van der Waals surface area contributed by atoms with Crippen LogP contribution in [-0.4, -0.2) is 0 Å². The highest BCUT2D eigenvalue weighted by molar-refractivity contribution is 5.35. The molecule has 0 radical (unpaired) electrons. The van der Waals surface area contributed by atoms with E-state index in [2.05, 4.69) is 5.32 Å². The Balaban J connectivity index is 1.72. The third-order valence-corrected chi connectivity index (χ3v) is 3.75. The number of benzene rings is 2. The molecule has 104 valence electrons. The van der Waals surface area contributed by atoms with Gasteiger partial charge in [-0.25, -0.2) is 13.2 Å². The quantitative estimate of drug-likeness (QED) is 0.897. The second kappa shape index (κ2) is 5.29. The average Bonchev–Trinajstić information content (AvgIpc) is 2.85. The van der Waals surface area contributed by atoms with Gasteiger partial charge < -0.3 is 5.32 Å². The van der Waals surface area contributed by atoms with E-state index >= 15 is 0 Å². The summed E-state index contributed by atoms with van der Waals surface area (Å²) in [6.07, 6.45) is 1.53. The molecule has 3 rings (SSSR count). The van der Waals surface area contributed by atoms with E-state index in [1.165, 1.54) is 12.1 Å². The van der Waals surface area contributed by atoms with E-state index in [1.807, 2.05) is 6.07 Å². The molecule has 0 saturated carbocycles. The van der Waals surface area contributed by atoms with Crippen molar-refractivity contribution in [3.05, 3.63) is 70.5 Å². The van der Waals surface area contributed by atoms with E-state index in [-0.39, 0.29) is 11.9 Å². The van der Waals surface area contributed by atoms with Crippen LogP contribution in [0.25, 0.3) is 0 Å². The number of rotatable bonds is 3. The first-order chi connectivity index (χ1) is 9.65. The Morgan fingerprint density at radius 1 is 1.00 bits per heavy atom. The van der Waals surface area contributed by atoms with Crippen molar-refractivity contribution < 1.29 is 13.2 Å². The predicted molar refractivity (Wildman–Crippen MR) is 70.7 cm³/mol. The Labute approximate surface area is 115 Å². The molecule has 0 amide bonds. The van der Waals surface area contributed by atoms with Crippen molar-refractivity contribution in [1.82, 2.24) is 5.32 Å². The van der Waals surface area contributed by atoms with Crippen LogP contribution in [0.4, 0.5) is 13.2 Å². The first-order valence-corrected chi connectivity index (χ1v) is 6.60. The van der Waals surface area contributed by atoms with Crippen molar-refractivity contribution in [2.45, 2.75) is 25.4 Å². The minimum absolute atomic E-state index is 0.0637. The fraction of sp³-hybridized carbons (Fsp3) is 0.250. The first-order valence-electron chi connectivity index (χ1n) is 6.60. The molecule has 1 nitrogen and oxygen atoms in total. The Morgan fingerprint density at radius 3 is 2.65 bits per heavy atom. The van der Waals surface area contributed by atoms with Crippen molar-refractivity contribution >= 4 is 0 Å². The van der Waals surface area contributed by atoms with Crippen LogP contribution >= 0.6 is 0 Å². The highest BCUT2D eigenvalue weighted by atomic mass is 19.2. The number of halogens is 3. The van der Waals surface area contributed by atoms with Crippen LogP contribution in [0, 0.1) is 17.5 Å². The summed E-state index contributed by atoms with van der Waals surface area (Å²) in [7, 11) is 0. The SMILES string of the molecule is Fc1ccc(CNC2CCc3c(F)cccc32)cc1F. The largest absolute Gasteiger partial charge is 0.306 e. The molecule has 0 fully saturated rings. The highest BCUT2D eigenvalue weighted by Crippen LogP contribution is 2.32. The highest BCUT2D eigenvalue weighted by Gasteiger charge is 2.24. The lowest BCUT2D eigenvalue weighted by Gasteiger charge is -2.14. The first kappa shape index (κ1) is 13.2. The van der Waals surface area contributed by atoms with Crippen molar-refractivity contribution in [3.63, 3.8) is 0 Å². The van der Waals surface area contributed by atoms with Crippen molar-refractivity contribution in [2.24, 2.45) is 0 Å². The lowest BCUT2D eigenvalue weighted by molar-refractivity contribution is 0.500. The minimum atomic E-state index is -0.845. The summed E-state index contributed by atoms with van der Waals surface area (Å²) >= 11 is 0. The summed E-state index contributed by atoms with van der Waals surface area (Å²) in [6, 6.07) is 9.00. The molecule has 1 atom stereocenters. The second-order valence-corrected chi connectivity index (χ2v) is 5.03. The Hall–Kier alpha value is -1.81. The van der Waals surface area contributed by atoms with Crippen molar-refractivity contribution in [2.75, 3.05) is 0 Å². The Bertz CT molecular complexity index is 640. The van der Waals surface area contributed by atoms with Crippen LogP contribution < -0.4 is 5.32 Å². The summed E-state index contributed by atoms with van der Waals surface area (Å²) in [4.78, 5) is 0. The third-order valence-electron chi connectivity index (χ3n) is 3.75. The molecule has 0 saturated heterocycles. The average molecular weight is 277 g/mol. The van der Waals surface area contributed by atoms with E-state index in [0.29, 0.717) is 18.5 Å². The van der Waals surface area contributed by atoms with E-state index in [9.17, 15) is 13.2 Å². The second-order valence-electron chi connectivity index (χ2n) is 5.03. The smallest absolute Gasteiger partial charge is 0.159 e. The van der Waals surface area contributed by atoms with Gasteiger partial charge in [0, 0.05) is 12.6 Å². The molecule has 2 aromatic rings. The van der Waals surface area contributed by atoms with Gasteiger partial charge in [-0.05, 0) is 47.7 Å². The van der Waals surface area contributed by atoms with Crippen molar-refractivity contribution in [1.29, 1.82) is 0 Å². The molecule has 1 N–H and O–H groups in total. The number of nitrogens with one attached hydrogen (secondary N) is 1. The molecule has 2 aromatic carbocycles. The molecule has 0 aliphatic heterocycles. The van der Waals surface area contributed by atoms with Crippen LogP contribution in [0.15, 0.2) is 36.4 Å². The molecule has 1 aliphatic carbocycles. The Morgan fingerprint density at radius 2 is 1.85 bits per heavy atom. The van der Waals surface area contributed by atoms with Gasteiger partial charge in [-0.15, -0.1) is 0 Å². The molecular formula is C16H14F3N. The summed E-state index contributed by atoms with van der Waals surface area (Å²) < 4.78 is 39.6. The predicted octanol–water partition coefficient (Wildman–Crippen LogP) is 3.88. The number of hydrogen-bond acceptors (Lipinski definition) is 1. The third kappa shape index (κ3) is 2.43. The van der Waals surface area contributed by atoms with Gasteiger partial charge in [-0.2, -0.15) is 0 Å². The topological polar surface area (TPSA) is 12.0 Å². The summed E-state index contributed by atoms with van der Waals surface area (Å²) in [6.45, 7) is 0.428. The van der Waals surface area contributed by atoms with E-state index < -0.39 is 11.6 Å². The molecule has 20 heavy (non-hydrogen) atoms. The van der Waals surface area contributed by atoms with Gasteiger partial charge in [0.15, 0.2) is 11.6 Å². The lowest BCUT2D eigenvalue weighted by atomic mass is 10.1. The maximum Gasteiger partial charge on any atom is 0.159 e. The van der Waals surface area contributed by atoms with E-state index in [0.717, 1.165) is 23.6 Å². The van der Waals surface area contributed by atoms with Gasteiger partial charge in [-0.3, -0.25) is 0 Å². The van der Waals surface area contributed by atoms with E-state index in [4.69, 9.17) is 0 Å². The standard InChI is InChI=1S/C16H14F3N/c17-13-3-1-2-12-11(13)5-7-16(12)20-9-10-4-6-14(18)15(19)8-10/h1-4,6,8,16,20H,5,7,9H2. The maximum atomic E-state index is 13.6. The molecule has 1 aliphatic rings. The van der Waals surface area contributed by atoms with E-state index in [1.54, 1.807) is 12.1 Å². The molecule has 0 spiro atoms. The zero-order valence-corrected chi connectivity index (χ0v) is 10.8. The fourth-order valence-corrected chi connectivity index (χ4v) is 2.71. The number of fused-ring (bicyclic) bond motifs is 1. The van der Waals surface area contributed by atoms with Gasteiger partial charge in [0.1, 0.15) is 5.82 Å². The summed E-state index contributed by atoms with van der Waals surface area (Å²) in [5.74, 6) is -1.86. The molecule has 1 unspecified atom stereocenters. The van der Waals surface area contributed by atoms with Gasteiger partial charge in [0.2, 0.25) is 0 Å². The Kier molecular flexibility index (Phi) is 3.49.